The van der Waals surface area contributed by atoms with Crippen molar-refractivity contribution in [2.75, 3.05) is 35.9 Å². The van der Waals surface area contributed by atoms with Gasteiger partial charge in [0.1, 0.15) is 42.0 Å². The van der Waals surface area contributed by atoms with Crippen LogP contribution in [0, 0.1) is 50.7 Å². The van der Waals surface area contributed by atoms with E-state index in [0.717, 1.165) is 11.0 Å². The average molecular weight is 848 g/mol. The summed E-state index contributed by atoms with van der Waals surface area (Å²) in [6.07, 6.45) is 4.01. The summed E-state index contributed by atoms with van der Waals surface area (Å²) in [4.78, 5) is 19.3. The lowest BCUT2D eigenvalue weighted by molar-refractivity contribution is -0.0787. The van der Waals surface area contributed by atoms with E-state index in [9.17, 15) is 23.9 Å². The summed E-state index contributed by atoms with van der Waals surface area (Å²) >= 11 is 0. The summed E-state index contributed by atoms with van der Waals surface area (Å²) in [5.74, 6) is -1.32. The van der Waals surface area contributed by atoms with Gasteiger partial charge in [0.25, 0.3) is 0 Å². The molecule has 1 N–H and O–H groups in total. The van der Waals surface area contributed by atoms with Gasteiger partial charge in [-0.15, -0.1) is 0 Å². The number of hydrogen-bond acceptors (Lipinski definition) is 9. The second-order valence-electron chi connectivity index (χ2n) is 18.2. The fraction of sp³-hybridized carbons (Fsp3) is 0.532. The minimum absolute atomic E-state index is 0.0312. The lowest BCUT2D eigenvalue weighted by Crippen LogP contribution is -2.52. The van der Waals surface area contributed by atoms with E-state index in [2.05, 4.69) is 15.2 Å². The van der Waals surface area contributed by atoms with Crippen LogP contribution in [0.1, 0.15) is 111 Å². The van der Waals surface area contributed by atoms with Gasteiger partial charge in [-0.1, -0.05) is 20.8 Å². The van der Waals surface area contributed by atoms with Gasteiger partial charge in [-0.05, 0) is 133 Å². The smallest absolute Gasteiger partial charge is 0.350 e. The molecule has 0 bridgehead atoms. The maximum atomic E-state index is 15.9. The molecular weight excluding hydrogens is 779 g/mol. The standard InChI is InChI=1S/C47H62F2N8O4/c1-28-19-37(55-27-52-57(44(55)58)43(45(8,9)10)46(11,12)59)13-15-40(28)53-17-18-54(30(3)23-53)36-14-16-41(29(2)20-36)60-24-35-22-47(61-33(35)6,34(7)56-26-50-25-51-56)42-32(5)31(4)38(48)21-39(42)49/h13-16,19-21,25-27,30,33-35,43,59H,17-18,22-24H2,1-12H3/t30?,33?,34-,35+,43-,47-/m0/s1/i17D2,18D2,23D2,30D. The Balaban J connectivity index is 1.16. The number of halogens is 2. The SMILES string of the molecule is [2H]C1([2H])N(c2ccc(-n3cnn([C@@H](C(C)(C)C)C(C)(C)O)c3=O)cc2C)C([2H])([2H])C([2H])(C)N(c2ccc(OC[C@H]3C[C@@](c4c(F)cc(F)c(C)c4C)([C@H](C)n4cncn4)OC3C)c(C)c2)C1([2H])[2H]. The highest BCUT2D eigenvalue weighted by molar-refractivity contribution is 5.60. The highest BCUT2D eigenvalue weighted by Gasteiger charge is 2.53. The van der Waals surface area contributed by atoms with E-state index in [0.29, 0.717) is 38.6 Å². The lowest BCUT2D eigenvalue weighted by atomic mass is 9.78. The van der Waals surface area contributed by atoms with Gasteiger partial charge < -0.3 is 24.4 Å². The Morgan fingerprint density at radius 2 is 1.67 bits per heavy atom. The van der Waals surface area contributed by atoms with Gasteiger partial charge in [-0.2, -0.15) is 10.2 Å². The van der Waals surface area contributed by atoms with E-state index in [1.54, 1.807) is 52.3 Å². The number of rotatable bonds is 11. The summed E-state index contributed by atoms with van der Waals surface area (Å²) in [7, 11) is 0. The van der Waals surface area contributed by atoms with Crippen molar-refractivity contribution in [3.05, 3.63) is 111 Å². The molecule has 12 nitrogen and oxygen atoms in total. The van der Waals surface area contributed by atoms with Crippen LogP contribution >= 0.6 is 0 Å². The highest BCUT2D eigenvalue weighted by Crippen LogP contribution is 2.52. The third-order valence-electron chi connectivity index (χ3n) is 12.2. The number of aromatic nitrogens is 6. The third kappa shape index (κ3) is 8.20. The van der Waals surface area contributed by atoms with Gasteiger partial charge in [-0.25, -0.2) is 32.5 Å². The first-order valence-corrected chi connectivity index (χ1v) is 20.5. The molecule has 328 valence electrons. The Morgan fingerprint density at radius 1 is 0.967 bits per heavy atom. The zero-order chi connectivity index (χ0) is 50.6. The molecule has 0 spiro atoms. The van der Waals surface area contributed by atoms with Crippen molar-refractivity contribution in [3.63, 3.8) is 0 Å². The molecule has 2 aromatic heterocycles. The van der Waals surface area contributed by atoms with Crippen LogP contribution in [0.25, 0.3) is 5.69 Å². The average Bonchev–Trinajstić information content (AvgIpc) is 3.95. The van der Waals surface area contributed by atoms with E-state index in [1.807, 2.05) is 34.6 Å². The van der Waals surface area contributed by atoms with Gasteiger partial charge in [-0.3, -0.25) is 0 Å². The van der Waals surface area contributed by atoms with E-state index in [-0.39, 0.29) is 35.9 Å². The number of hydrogen-bond donors (Lipinski definition) is 1. The first-order valence-electron chi connectivity index (χ1n) is 24.0. The molecule has 3 aromatic carbocycles. The molecule has 6 atom stereocenters. The summed E-state index contributed by atoms with van der Waals surface area (Å²) in [5.41, 5.74) is -1.64. The van der Waals surface area contributed by atoms with Crippen LogP contribution in [0.3, 0.4) is 0 Å². The Morgan fingerprint density at radius 3 is 2.31 bits per heavy atom. The van der Waals surface area contributed by atoms with Gasteiger partial charge in [0.2, 0.25) is 0 Å². The van der Waals surface area contributed by atoms with E-state index >= 15 is 4.39 Å². The number of piperazine rings is 1. The van der Waals surface area contributed by atoms with Crippen molar-refractivity contribution in [2.45, 2.75) is 125 Å². The highest BCUT2D eigenvalue weighted by atomic mass is 19.1. The van der Waals surface area contributed by atoms with E-state index in [4.69, 9.17) is 9.47 Å². The van der Waals surface area contributed by atoms with Crippen molar-refractivity contribution in [3.8, 4) is 11.4 Å². The summed E-state index contributed by atoms with van der Waals surface area (Å²) < 4.78 is 114. The molecule has 2 unspecified atom stereocenters. The van der Waals surface area contributed by atoms with Crippen LogP contribution in [0.4, 0.5) is 20.2 Å². The minimum Gasteiger partial charge on any atom is -0.493 e. The number of aryl methyl sites for hydroxylation is 2. The molecule has 5 aromatic rings. The van der Waals surface area contributed by atoms with Gasteiger partial charge in [0.15, 0.2) is 0 Å². The van der Waals surface area contributed by atoms with Crippen LogP contribution in [-0.2, 0) is 10.3 Å². The topological polar surface area (TPSA) is 116 Å². The van der Waals surface area contributed by atoms with Crippen molar-refractivity contribution in [1.29, 1.82) is 0 Å². The number of anilines is 2. The van der Waals surface area contributed by atoms with Gasteiger partial charge >= 0.3 is 5.69 Å². The summed E-state index contributed by atoms with van der Waals surface area (Å²) in [6.45, 7) is 11.4. The van der Waals surface area contributed by atoms with Crippen molar-refractivity contribution < 1.29 is 33.0 Å². The van der Waals surface area contributed by atoms with Crippen LogP contribution in [0.2, 0.25) is 0 Å². The Kier molecular flexibility index (Phi) is 9.50. The quantitative estimate of drug-likeness (QED) is 0.141. The molecular formula is C47H62F2N8O4. The summed E-state index contributed by atoms with van der Waals surface area (Å²) in [6, 6.07) is 6.09. The zero-order valence-electron chi connectivity index (χ0n) is 44.0. The number of aliphatic hydroxyl groups is 1. The summed E-state index contributed by atoms with van der Waals surface area (Å²) in [5, 5.41) is 19.6. The van der Waals surface area contributed by atoms with Crippen molar-refractivity contribution in [1.82, 2.24) is 29.1 Å². The minimum atomic E-state index is -3.10. The van der Waals surface area contributed by atoms with Crippen LogP contribution < -0.4 is 20.2 Å². The Bertz CT molecular complexity index is 2730. The second-order valence-corrected chi connectivity index (χ2v) is 18.2. The van der Waals surface area contributed by atoms with Crippen molar-refractivity contribution in [2.24, 2.45) is 11.3 Å². The molecule has 7 rings (SSSR count). The normalized spacial score (nSPS) is 27.6. The third-order valence-corrected chi connectivity index (χ3v) is 12.2. The van der Waals surface area contributed by atoms with Crippen LogP contribution in [-0.4, -0.2) is 78.0 Å². The predicted octanol–water partition coefficient (Wildman–Crippen LogP) is 8.17. The van der Waals surface area contributed by atoms with Gasteiger partial charge in [0, 0.05) is 54.4 Å². The fourth-order valence-electron chi connectivity index (χ4n) is 9.22. The van der Waals surface area contributed by atoms with Crippen molar-refractivity contribution >= 4 is 11.4 Å². The molecule has 2 aliphatic heterocycles. The monoisotopic (exact) mass is 848 g/mol. The molecule has 61 heavy (non-hydrogen) atoms. The maximum absolute atomic E-state index is 15.9. The fourth-order valence-corrected chi connectivity index (χ4v) is 9.22. The molecule has 0 saturated carbocycles. The Labute approximate surface area is 368 Å². The molecule has 2 fully saturated rings. The first kappa shape index (κ1) is 35.5. The number of nitrogens with zero attached hydrogens (tertiary/aromatic N) is 8. The zero-order valence-corrected chi connectivity index (χ0v) is 37.0. The molecule has 2 aliphatic rings. The van der Waals surface area contributed by atoms with Gasteiger partial charge in [0.05, 0.1) is 45.7 Å². The Hall–Kier alpha value is -5.08. The molecule has 0 radical (unpaired) electrons. The maximum Gasteiger partial charge on any atom is 0.350 e. The second kappa shape index (κ2) is 16.3. The molecule has 0 amide bonds. The number of ether oxygens (including phenoxy) is 2. The van der Waals surface area contributed by atoms with E-state index in [1.165, 1.54) is 65.5 Å². The van der Waals surface area contributed by atoms with Crippen LogP contribution in [0.5, 0.6) is 5.75 Å². The van der Waals surface area contributed by atoms with E-state index < -0.39 is 77.6 Å². The number of benzene rings is 3. The molecule has 2 saturated heterocycles. The molecule has 14 heteroatoms. The van der Waals surface area contributed by atoms with Crippen LogP contribution in [0.15, 0.2) is 66.2 Å². The largest absolute Gasteiger partial charge is 0.493 e. The predicted molar refractivity (Wildman–Crippen MR) is 234 cm³/mol. The molecule has 4 heterocycles. The molecule has 0 aliphatic carbocycles. The lowest BCUT2D eigenvalue weighted by Gasteiger charge is -2.43. The first-order chi connectivity index (χ1) is 31.2.